The topological polar surface area (TPSA) is 86.4 Å². The Balaban J connectivity index is 1.49. The van der Waals surface area contributed by atoms with Gasteiger partial charge in [0.15, 0.2) is 0 Å². The van der Waals surface area contributed by atoms with E-state index in [1.165, 1.54) is 19.3 Å². The van der Waals surface area contributed by atoms with Crippen LogP contribution in [0.2, 0.25) is 0 Å². The summed E-state index contributed by atoms with van der Waals surface area (Å²) in [5.74, 6) is 1.27. The van der Waals surface area contributed by atoms with Gasteiger partial charge in [0.1, 0.15) is 12.6 Å². The Morgan fingerprint density at radius 1 is 1.30 bits per heavy atom. The lowest BCUT2D eigenvalue weighted by molar-refractivity contribution is -0.141. The zero-order chi connectivity index (χ0) is 13.9. The van der Waals surface area contributed by atoms with Gasteiger partial charge in [-0.2, -0.15) is 5.11 Å². The van der Waals surface area contributed by atoms with Crippen LogP contribution in [0.15, 0.2) is 15.4 Å². The third-order valence-corrected chi connectivity index (χ3v) is 5.06. The van der Waals surface area contributed by atoms with Gasteiger partial charge in [-0.1, -0.05) is 6.42 Å². The average Bonchev–Trinajstić information content (AvgIpc) is 2.97. The largest absolute Gasteiger partial charge is 0.480 e. The molecule has 110 valence electrons. The fourth-order valence-electron chi connectivity index (χ4n) is 3.85. The van der Waals surface area contributed by atoms with Gasteiger partial charge in [-0.05, 0) is 61.6 Å². The number of fused-ring (bicyclic) bond motifs is 1. The lowest BCUT2D eigenvalue weighted by Gasteiger charge is -2.41. The van der Waals surface area contributed by atoms with Crippen molar-refractivity contribution in [1.29, 1.82) is 0 Å². The lowest BCUT2D eigenvalue weighted by Crippen LogP contribution is -2.49. The minimum atomic E-state index is -0.700. The maximum Gasteiger partial charge on any atom is 0.320 e. The Morgan fingerprint density at radius 3 is 2.95 bits per heavy atom. The van der Waals surface area contributed by atoms with Crippen molar-refractivity contribution in [3.63, 3.8) is 0 Å². The van der Waals surface area contributed by atoms with Crippen LogP contribution in [0, 0.1) is 17.8 Å². The van der Waals surface area contributed by atoms with Crippen LogP contribution in [0.25, 0.3) is 0 Å². The van der Waals surface area contributed by atoms with Crippen molar-refractivity contribution >= 4 is 11.7 Å². The molecule has 2 heterocycles. The molecule has 1 saturated carbocycles. The molecule has 3 rings (SSSR count). The van der Waals surface area contributed by atoms with Crippen molar-refractivity contribution < 1.29 is 9.90 Å². The molecule has 0 unspecified atom stereocenters. The molecule has 3 aliphatic rings. The predicted molar refractivity (Wildman–Crippen MR) is 74.8 cm³/mol. The molecule has 20 heavy (non-hydrogen) atoms. The van der Waals surface area contributed by atoms with Crippen LogP contribution in [0.3, 0.4) is 0 Å². The van der Waals surface area contributed by atoms with Crippen molar-refractivity contribution in [2.75, 3.05) is 13.1 Å². The Morgan fingerprint density at radius 2 is 2.20 bits per heavy atom. The second-order valence-electron chi connectivity index (χ2n) is 6.33. The monoisotopic (exact) mass is 278 g/mol. The summed E-state index contributed by atoms with van der Waals surface area (Å²) in [6.45, 7) is 1.54. The first-order valence-electron chi connectivity index (χ1n) is 7.60. The third kappa shape index (κ3) is 3.06. The summed E-state index contributed by atoms with van der Waals surface area (Å²) in [5.41, 5.74) is 1.10. The average molecular weight is 278 g/mol. The molecular formula is C14H22N4O2. The Labute approximate surface area is 118 Å². The fraction of sp³-hybridized carbons (Fsp3) is 0.857. The third-order valence-electron chi connectivity index (χ3n) is 5.06. The molecule has 6 heteroatoms. The maximum atomic E-state index is 11.1. The first-order valence-corrected chi connectivity index (χ1v) is 7.60. The Bertz CT molecular complexity index is 435. The highest BCUT2D eigenvalue weighted by Crippen LogP contribution is 2.40. The lowest BCUT2D eigenvalue weighted by atomic mass is 9.68. The van der Waals surface area contributed by atoms with Gasteiger partial charge in [0, 0.05) is 0 Å². The number of hydrogen-bond acceptors (Lipinski definition) is 5. The van der Waals surface area contributed by atoms with Crippen molar-refractivity contribution in [2.24, 2.45) is 33.2 Å². The Hall–Kier alpha value is -1.30. The zero-order valence-corrected chi connectivity index (χ0v) is 11.7. The molecule has 2 aliphatic heterocycles. The van der Waals surface area contributed by atoms with Gasteiger partial charge in [0.2, 0.25) is 0 Å². The van der Waals surface area contributed by atoms with Crippen LogP contribution in [0.4, 0.5) is 0 Å². The van der Waals surface area contributed by atoms with Crippen LogP contribution < -0.4 is 5.32 Å². The number of hydrogen-bond donors (Lipinski definition) is 2. The summed E-state index contributed by atoms with van der Waals surface area (Å²) >= 11 is 0. The van der Waals surface area contributed by atoms with Gasteiger partial charge < -0.3 is 10.4 Å². The fourth-order valence-corrected chi connectivity index (χ4v) is 3.85. The standard InChI is InChI=1S/C14H22N4O2/c19-14(20)13-6-11-5-9(1-3-10(11)7-15-13)2-4-12-8-16-18-17-12/h9-11,13,15H,1-8H2,(H,19,20)/t9-,10+,11-,13+/m1/s1. The van der Waals surface area contributed by atoms with E-state index < -0.39 is 5.97 Å². The van der Waals surface area contributed by atoms with Gasteiger partial charge >= 0.3 is 5.97 Å². The van der Waals surface area contributed by atoms with E-state index in [-0.39, 0.29) is 6.04 Å². The molecule has 0 aromatic carbocycles. The SMILES string of the molecule is O=C(O)[C@@H]1C[C@H]2C[C@@H](CCC3=NN=NC3)CC[C@H]2CN1. The summed E-state index contributed by atoms with van der Waals surface area (Å²) in [6.07, 6.45) is 6.62. The Kier molecular flexibility index (Phi) is 4.10. The molecule has 4 atom stereocenters. The number of nitrogens with zero attached hydrogens (tertiary/aromatic N) is 3. The summed E-state index contributed by atoms with van der Waals surface area (Å²) < 4.78 is 0. The number of carboxylic acid groups (broad SMARTS) is 1. The van der Waals surface area contributed by atoms with Gasteiger partial charge in [0.25, 0.3) is 0 Å². The smallest absolute Gasteiger partial charge is 0.320 e. The van der Waals surface area contributed by atoms with Crippen LogP contribution in [0.1, 0.15) is 38.5 Å². The normalized spacial score (nSPS) is 36.5. The number of piperidine rings is 1. The summed E-state index contributed by atoms with van der Waals surface area (Å²) in [4.78, 5) is 11.1. The van der Waals surface area contributed by atoms with Gasteiger partial charge in [0.05, 0.1) is 5.71 Å². The van der Waals surface area contributed by atoms with Gasteiger partial charge in [-0.15, -0.1) is 5.10 Å². The molecule has 0 radical (unpaired) electrons. The highest BCUT2D eigenvalue weighted by atomic mass is 16.4. The highest BCUT2D eigenvalue weighted by molar-refractivity contribution is 5.87. The number of carbonyl (C=O) groups is 1. The maximum absolute atomic E-state index is 11.1. The van der Waals surface area contributed by atoms with Gasteiger partial charge in [-0.3, -0.25) is 4.79 Å². The predicted octanol–water partition coefficient (Wildman–Crippen LogP) is 2.07. The first-order chi connectivity index (χ1) is 9.72. The van der Waals surface area contributed by atoms with E-state index in [4.69, 9.17) is 5.11 Å². The van der Waals surface area contributed by atoms with Crippen LogP contribution in [-0.2, 0) is 4.79 Å². The van der Waals surface area contributed by atoms with Crippen molar-refractivity contribution in [3.8, 4) is 0 Å². The molecule has 1 saturated heterocycles. The highest BCUT2D eigenvalue weighted by Gasteiger charge is 2.37. The van der Waals surface area contributed by atoms with E-state index in [1.54, 1.807) is 0 Å². The molecule has 2 fully saturated rings. The van der Waals surface area contributed by atoms with Crippen molar-refractivity contribution in [3.05, 3.63) is 0 Å². The van der Waals surface area contributed by atoms with Crippen LogP contribution in [-0.4, -0.2) is 35.9 Å². The van der Waals surface area contributed by atoms with E-state index in [2.05, 4.69) is 20.8 Å². The minimum Gasteiger partial charge on any atom is -0.480 e. The van der Waals surface area contributed by atoms with E-state index in [9.17, 15) is 4.79 Å². The molecule has 0 aromatic rings. The quantitative estimate of drug-likeness (QED) is 0.825. The molecule has 0 aromatic heterocycles. The van der Waals surface area contributed by atoms with Crippen LogP contribution in [0.5, 0.6) is 0 Å². The first kappa shape index (κ1) is 13.7. The molecular weight excluding hydrogens is 256 g/mol. The van der Waals surface area contributed by atoms with Crippen LogP contribution >= 0.6 is 0 Å². The number of rotatable bonds is 4. The van der Waals surface area contributed by atoms with E-state index in [0.29, 0.717) is 24.3 Å². The molecule has 2 N–H and O–H groups in total. The summed E-state index contributed by atoms with van der Waals surface area (Å²) in [5, 5.41) is 23.9. The molecule has 1 aliphatic carbocycles. The molecule has 6 nitrogen and oxygen atoms in total. The number of aliphatic carboxylic acids is 1. The van der Waals surface area contributed by atoms with E-state index in [0.717, 1.165) is 31.5 Å². The summed E-state index contributed by atoms with van der Waals surface area (Å²) in [7, 11) is 0. The molecule has 0 bridgehead atoms. The van der Waals surface area contributed by atoms with E-state index >= 15 is 0 Å². The second-order valence-corrected chi connectivity index (χ2v) is 6.33. The van der Waals surface area contributed by atoms with Gasteiger partial charge in [-0.25, -0.2) is 0 Å². The zero-order valence-electron chi connectivity index (χ0n) is 11.7. The van der Waals surface area contributed by atoms with Crippen molar-refractivity contribution in [1.82, 2.24) is 5.32 Å². The number of carboxylic acids is 1. The second kappa shape index (κ2) is 5.99. The molecule has 0 spiro atoms. The molecule has 0 amide bonds. The minimum absolute atomic E-state index is 0.341. The summed E-state index contributed by atoms with van der Waals surface area (Å²) in [6, 6.07) is -0.341. The number of nitrogens with one attached hydrogen (secondary N) is 1. The van der Waals surface area contributed by atoms with Crippen molar-refractivity contribution in [2.45, 2.75) is 44.6 Å². The van der Waals surface area contributed by atoms with E-state index in [1.807, 2.05) is 0 Å².